The summed E-state index contributed by atoms with van der Waals surface area (Å²) in [4.78, 5) is 4.60. The van der Waals surface area contributed by atoms with Crippen LogP contribution in [0.15, 0.2) is 4.99 Å². The molecule has 3 aliphatic rings. The van der Waals surface area contributed by atoms with E-state index in [-0.39, 0.29) is 5.41 Å². The van der Waals surface area contributed by atoms with E-state index in [1.165, 1.54) is 25.7 Å². The van der Waals surface area contributed by atoms with Crippen molar-refractivity contribution in [3.63, 3.8) is 0 Å². The summed E-state index contributed by atoms with van der Waals surface area (Å²) in [6.45, 7) is 8.47. The highest BCUT2D eigenvalue weighted by molar-refractivity contribution is 5.80. The van der Waals surface area contributed by atoms with Crippen LogP contribution in [-0.2, 0) is 4.74 Å². The van der Waals surface area contributed by atoms with Crippen molar-refractivity contribution in [2.75, 3.05) is 13.2 Å². The molecule has 0 aromatic carbocycles. The average molecular weight is 265 g/mol. The van der Waals surface area contributed by atoms with Crippen LogP contribution in [0.25, 0.3) is 0 Å². The third-order valence-electron chi connectivity index (χ3n) is 5.15. The molecule has 0 amide bonds. The third kappa shape index (κ3) is 2.24. The highest BCUT2D eigenvalue weighted by Crippen LogP contribution is 2.52. The Morgan fingerprint density at radius 2 is 2.05 bits per heavy atom. The fourth-order valence-corrected chi connectivity index (χ4v) is 3.80. The molecule has 108 valence electrons. The summed E-state index contributed by atoms with van der Waals surface area (Å²) in [5.41, 5.74) is 0.219. The summed E-state index contributed by atoms with van der Waals surface area (Å²) in [6, 6.07) is 1.13. The van der Waals surface area contributed by atoms with Crippen molar-refractivity contribution in [2.24, 2.45) is 16.3 Å². The molecule has 2 N–H and O–H groups in total. The Morgan fingerprint density at radius 1 is 1.26 bits per heavy atom. The molecule has 3 atom stereocenters. The van der Waals surface area contributed by atoms with Gasteiger partial charge in [-0.25, -0.2) is 0 Å². The van der Waals surface area contributed by atoms with Gasteiger partial charge in [-0.15, -0.1) is 0 Å². The fourth-order valence-electron chi connectivity index (χ4n) is 3.80. The molecule has 2 aliphatic carbocycles. The zero-order valence-electron chi connectivity index (χ0n) is 12.4. The Balaban J connectivity index is 1.63. The Morgan fingerprint density at radius 3 is 2.68 bits per heavy atom. The average Bonchev–Trinajstić information content (AvgIpc) is 2.76. The second kappa shape index (κ2) is 4.97. The highest BCUT2D eigenvalue weighted by atomic mass is 16.5. The van der Waals surface area contributed by atoms with Gasteiger partial charge in [0.05, 0.1) is 6.10 Å². The molecule has 19 heavy (non-hydrogen) atoms. The Labute approximate surface area is 116 Å². The van der Waals surface area contributed by atoms with E-state index >= 15 is 0 Å². The first-order valence-electron chi connectivity index (χ1n) is 7.82. The highest BCUT2D eigenvalue weighted by Gasteiger charge is 2.59. The monoisotopic (exact) mass is 265 g/mol. The van der Waals surface area contributed by atoms with Crippen LogP contribution >= 0.6 is 0 Å². The third-order valence-corrected chi connectivity index (χ3v) is 5.15. The van der Waals surface area contributed by atoms with Gasteiger partial charge in [0.1, 0.15) is 0 Å². The van der Waals surface area contributed by atoms with E-state index < -0.39 is 0 Å². The molecule has 4 heteroatoms. The lowest BCUT2D eigenvalue weighted by Gasteiger charge is -2.55. The lowest BCUT2D eigenvalue weighted by molar-refractivity contribution is -0.106. The minimum Gasteiger partial charge on any atom is -0.377 e. The summed E-state index contributed by atoms with van der Waals surface area (Å²) in [7, 11) is 0. The van der Waals surface area contributed by atoms with E-state index in [9.17, 15) is 0 Å². The molecule has 3 rings (SSSR count). The number of nitrogens with one attached hydrogen (secondary N) is 2. The molecular weight excluding hydrogens is 238 g/mol. The first-order chi connectivity index (χ1) is 9.13. The van der Waals surface area contributed by atoms with Crippen LogP contribution in [-0.4, -0.2) is 37.3 Å². The molecule has 1 aliphatic heterocycles. The molecule has 2 saturated carbocycles. The van der Waals surface area contributed by atoms with E-state index in [4.69, 9.17) is 4.74 Å². The first kappa shape index (κ1) is 13.2. The van der Waals surface area contributed by atoms with Gasteiger partial charge in [0.2, 0.25) is 0 Å². The minimum atomic E-state index is 0.219. The normalized spacial score (nSPS) is 37.2. The first-order valence-corrected chi connectivity index (χ1v) is 7.82. The number of rotatable bonds is 3. The van der Waals surface area contributed by atoms with E-state index in [1.54, 1.807) is 0 Å². The van der Waals surface area contributed by atoms with Crippen molar-refractivity contribution in [1.82, 2.24) is 10.6 Å². The van der Waals surface area contributed by atoms with Crippen LogP contribution in [0.1, 0.15) is 46.5 Å². The second-order valence-corrected chi connectivity index (χ2v) is 6.78. The van der Waals surface area contributed by atoms with Gasteiger partial charge in [-0.05, 0) is 32.6 Å². The van der Waals surface area contributed by atoms with Crippen LogP contribution in [0.5, 0.6) is 0 Å². The van der Waals surface area contributed by atoms with Gasteiger partial charge in [0.25, 0.3) is 0 Å². The van der Waals surface area contributed by atoms with Gasteiger partial charge >= 0.3 is 0 Å². The predicted octanol–water partition coefficient (Wildman–Crippen LogP) is 1.91. The maximum Gasteiger partial charge on any atom is 0.191 e. The zero-order chi connectivity index (χ0) is 13.5. The van der Waals surface area contributed by atoms with Crippen LogP contribution in [0, 0.1) is 11.3 Å². The number of nitrogens with zero attached hydrogens (tertiary/aromatic N) is 1. The topological polar surface area (TPSA) is 45.7 Å². The molecule has 4 nitrogen and oxygen atoms in total. The van der Waals surface area contributed by atoms with Gasteiger partial charge < -0.3 is 15.4 Å². The Hall–Kier alpha value is -0.770. The minimum absolute atomic E-state index is 0.219. The number of ether oxygens (including phenoxy) is 1. The van der Waals surface area contributed by atoms with Crippen molar-refractivity contribution in [1.29, 1.82) is 0 Å². The van der Waals surface area contributed by atoms with Crippen LogP contribution in [0.3, 0.4) is 0 Å². The second-order valence-electron chi connectivity index (χ2n) is 6.78. The molecule has 0 bridgehead atoms. The summed E-state index contributed by atoms with van der Waals surface area (Å²) >= 11 is 0. The molecule has 3 fully saturated rings. The summed E-state index contributed by atoms with van der Waals surface area (Å²) in [5, 5.41) is 7.24. The van der Waals surface area contributed by atoms with Gasteiger partial charge in [-0.3, -0.25) is 4.99 Å². The number of aliphatic imine (C=N–C) groups is 1. The molecule has 1 saturated heterocycles. The van der Waals surface area contributed by atoms with E-state index in [0.29, 0.717) is 24.1 Å². The maximum absolute atomic E-state index is 5.85. The molecule has 1 heterocycles. The summed E-state index contributed by atoms with van der Waals surface area (Å²) in [6.07, 6.45) is 5.55. The Bertz CT molecular complexity index is 362. The van der Waals surface area contributed by atoms with Crippen molar-refractivity contribution >= 4 is 5.96 Å². The van der Waals surface area contributed by atoms with Crippen LogP contribution in [0.4, 0.5) is 0 Å². The number of fused-ring (bicyclic) bond motifs is 1. The summed E-state index contributed by atoms with van der Waals surface area (Å²) in [5.74, 6) is 1.68. The molecule has 0 aromatic rings. The van der Waals surface area contributed by atoms with Crippen molar-refractivity contribution in [2.45, 2.75) is 64.6 Å². The van der Waals surface area contributed by atoms with Gasteiger partial charge in [-0.2, -0.15) is 0 Å². The van der Waals surface area contributed by atoms with E-state index in [2.05, 4.69) is 36.4 Å². The molecule has 0 spiro atoms. The largest absolute Gasteiger partial charge is 0.377 e. The maximum atomic E-state index is 5.85. The number of hydrogen-bond donors (Lipinski definition) is 2. The van der Waals surface area contributed by atoms with E-state index in [0.717, 1.165) is 19.1 Å². The van der Waals surface area contributed by atoms with E-state index in [1.807, 2.05) is 0 Å². The fraction of sp³-hybridized carbons (Fsp3) is 0.933. The van der Waals surface area contributed by atoms with Gasteiger partial charge in [0.15, 0.2) is 5.96 Å². The SMILES string of the molecule is CCN=C(NC1CCC1)NC1C2CCOC2C1(C)C. The standard InChI is InChI=1S/C15H27N3O/c1-4-16-14(17-10-6-5-7-10)18-12-11-8-9-19-13(11)15(12,2)3/h10-13H,4-9H2,1-3H3,(H2,16,17,18). The quantitative estimate of drug-likeness (QED) is 0.605. The van der Waals surface area contributed by atoms with Crippen molar-refractivity contribution in [3.05, 3.63) is 0 Å². The lowest BCUT2D eigenvalue weighted by atomic mass is 9.57. The van der Waals surface area contributed by atoms with Crippen molar-refractivity contribution in [3.8, 4) is 0 Å². The van der Waals surface area contributed by atoms with Crippen LogP contribution in [0.2, 0.25) is 0 Å². The van der Waals surface area contributed by atoms with Crippen LogP contribution < -0.4 is 10.6 Å². The summed E-state index contributed by atoms with van der Waals surface area (Å²) < 4.78 is 5.85. The molecule has 0 radical (unpaired) electrons. The molecule has 3 unspecified atom stereocenters. The predicted molar refractivity (Wildman–Crippen MR) is 77.3 cm³/mol. The van der Waals surface area contributed by atoms with Crippen molar-refractivity contribution < 1.29 is 4.74 Å². The Kier molecular flexibility index (Phi) is 3.46. The molecular formula is C15H27N3O. The number of hydrogen-bond acceptors (Lipinski definition) is 2. The zero-order valence-corrected chi connectivity index (χ0v) is 12.4. The smallest absolute Gasteiger partial charge is 0.191 e. The number of guanidine groups is 1. The molecule has 0 aromatic heterocycles. The van der Waals surface area contributed by atoms with Gasteiger partial charge in [-0.1, -0.05) is 13.8 Å². The lowest BCUT2D eigenvalue weighted by Crippen LogP contribution is -2.68. The van der Waals surface area contributed by atoms with Gasteiger partial charge in [0, 0.05) is 36.6 Å².